The Bertz CT molecular complexity index is 437. The molecule has 0 amide bonds. The van der Waals surface area contributed by atoms with Gasteiger partial charge in [0.1, 0.15) is 0 Å². The Balaban J connectivity index is 2.09. The van der Waals surface area contributed by atoms with Gasteiger partial charge in [-0.05, 0) is 36.1 Å². The Kier molecular flexibility index (Phi) is 3.57. The summed E-state index contributed by atoms with van der Waals surface area (Å²) in [7, 11) is 0. The summed E-state index contributed by atoms with van der Waals surface area (Å²) < 4.78 is 1.15. The SMILES string of the molecule is Nc1ccncc1CCc1ccccc1Br. The molecule has 1 aromatic carbocycles. The summed E-state index contributed by atoms with van der Waals surface area (Å²) in [6.45, 7) is 0. The molecule has 2 N–H and O–H groups in total. The van der Waals surface area contributed by atoms with E-state index in [1.807, 2.05) is 24.4 Å². The minimum Gasteiger partial charge on any atom is -0.398 e. The predicted molar refractivity (Wildman–Crippen MR) is 70.2 cm³/mol. The van der Waals surface area contributed by atoms with Crippen LogP contribution in [-0.4, -0.2) is 4.98 Å². The fourth-order valence-corrected chi connectivity index (χ4v) is 2.10. The molecular formula is C13H13BrN2. The van der Waals surface area contributed by atoms with E-state index in [4.69, 9.17) is 5.73 Å². The first-order valence-electron chi connectivity index (χ1n) is 5.19. The number of anilines is 1. The molecule has 0 aliphatic rings. The zero-order valence-electron chi connectivity index (χ0n) is 8.86. The molecule has 0 bridgehead atoms. The third-order valence-electron chi connectivity index (χ3n) is 2.56. The number of aromatic nitrogens is 1. The van der Waals surface area contributed by atoms with Crippen LogP contribution in [0.2, 0.25) is 0 Å². The van der Waals surface area contributed by atoms with Crippen molar-refractivity contribution >= 4 is 21.6 Å². The van der Waals surface area contributed by atoms with Crippen LogP contribution in [0.3, 0.4) is 0 Å². The molecule has 82 valence electrons. The maximum Gasteiger partial charge on any atom is 0.0377 e. The van der Waals surface area contributed by atoms with Crippen LogP contribution < -0.4 is 5.73 Å². The number of benzene rings is 1. The number of hydrogen-bond acceptors (Lipinski definition) is 2. The summed E-state index contributed by atoms with van der Waals surface area (Å²) >= 11 is 3.54. The number of nitrogens with two attached hydrogens (primary N) is 1. The van der Waals surface area contributed by atoms with Gasteiger partial charge in [0.25, 0.3) is 0 Å². The number of pyridine rings is 1. The second kappa shape index (κ2) is 5.12. The lowest BCUT2D eigenvalue weighted by Gasteiger charge is -2.06. The number of rotatable bonds is 3. The molecule has 0 atom stereocenters. The van der Waals surface area contributed by atoms with Crippen molar-refractivity contribution in [2.75, 3.05) is 5.73 Å². The van der Waals surface area contributed by atoms with Gasteiger partial charge in [-0.3, -0.25) is 4.98 Å². The third kappa shape index (κ3) is 2.61. The third-order valence-corrected chi connectivity index (χ3v) is 3.34. The Morgan fingerprint density at radius 3 is 2.56 bits per heavy atom. The summed E-state index contributed by atoms with van der Waals surface area (Å²) in [5.74, 6) is 0. The molecule has 1 heterocycles. The second-order valence-electron chi connectivity index (χ2n) is 3.67. The Morgan fingerprint density at radius 2 is 1.81 bits per heavy atom. The summed E-state index contributed by atoms with van der Waals surface area (Å²) in [6, 6.07) is 10.1. The summed E-state index contributed by atoms with van der Waals surface area (Å²) in [4.78, 5) is 4.09. The fourth-order valence-electron chi connectivity index (χ4n) is 1.62. The topological polar surface area (TPSA) is 38.9 Å². The summed E-state index contributed by atoms with van der Waals surface area (Å²) in [5.41, 5.74) is 9.10. The van der Waals surface area contributed by atoms with Crippen molar-refractivity contribution in [3.05, 3.63) is 58.3 Å². The zero-order valence-corrected chi connectivity index (χ0v) is 10.4. The van der Waals surface area contributed by atoms with Crippen LogP contribution in [0.5, 0.6) is 0 Å². The number of aryl methyl sites for hydroxylation is 2. The fraction of sp³-hybridized carbons (Fsp3) is 0.154. The van der Waals surface area contributed by atoms with Crippen LogP contribution in [0.1, 0.15) is 11.1 Å². The van der Waals surface area contributed by atoms with Gasteiger partial charge >= 0.3 is 0 Å². The zero-order chi connectivity index (χ0) is 11.4. The van der Waals surface area contributed by atoms with Crippen molar-refractivity contribution in [1.82, 2.24) is 4.98 Å². The molecule has 0 aliphatic carbocycles. The molecule has 0 saturated carbocycles. The van der Waals surface area contributed by atoms with Gasteiger partial charge in [0.15, 0.2) is 0 Å². The van der Waals surface area contributed by atoms with Crippen molar-refractivity contribution in [2.24, 2.45) is 0 Å². The lowest BCUT2D eigenvalue weighted by atomic mass is 10.1. The Morgan fingerprint density at radius 1 is 1.06 bits per heavy atom. The van der Waals surface area contributed by atoms with Crippen LogP contribution in [0, 0.1) is 0 Å². The average Bonchev–Trinajstić information content (AvgIpc) is 2.30. The van der Waals surface area contributed by atoms with Crippen molar-refractivity contribution in [1.29, 1.82) is 0 Å². The van der Waals surface area contributed by atoms with E-state index in [0.29, 0.717) is 0 Å². The lowest BCUT2D eigenvalue weighted by molar-refractivity contribution is 0.948. The molecule has 0 spiro atoms. The van der Waals surface area contributed by atoms with Crippen LogP contribution >= 0.6 is 15.9 Å². The van der Waals surface area contributed by atoms with Crippen molar-refractivity contribution in [3.63, 3.8) is 0 Å². The molecule has 2 aromatic rings. The molecule has 0 saturated heterocycles. The molecule has 1 aromatic heterocycles. The van der Waals surface area contributed by atoms with Gasteiger partial charge in [0, 0.05) is 22.6 Å². The van der Waals surface area contributed by atoms with E-state index in [2.05, 4.69) is 33.0 Å². The number of nitrogens with zero attached hydrogens (tertiary/aromatic N) is 1. The smallest absolute Gasteiger partial charge is 0.0377 e. The van der Waals surface area contributed by atoms with Crippen molar-refractivity contribution < 1.29 is 0 Å². The van der Waals surface area contributed by atoms with E-state index in [-0.39, 0.29) is 0 Å². The minimum atomic E-state index is 0.821. The van der Waals surface area contributed by atoms with E-state index in [0.717, 1.165) is 28.6 Å². The molecule has 0 unspecified atom stereocenters. The average molecular weight is 277 g/mol. The molecule has 3 heteroatoms. The van der Waals surface area contributed by atoms with Gasteiger partial charge < -0.3 is 5.73 Å². The monoisotopic (exact) mass is 276 g/mol. The molecule has 0 fully saturated rings. The van der Waals surface area contributed by atoms with E-state index < -0.39 is 0 Å². The van der Waals surface area contributed by atoms with Gasteiger partial charge in [0.05, 0.1) is 0 Å². The van der Waals surface area contributed by atoms with Crippen molar-refractivity contribution in [3.8, 4) is 0 Å². The number of nitrogen functional groups attached to an aromatic ring is 1. The molecule has 2 nitrogen and oxygen atoms in total. The normalized spacial score (nSPS) is 10.3. The van der Waals surface area contributed by atoms with Crippen LogP contribution in [0.4, 0.5) is 5.69 Å². The van der Waals surface area contributed by atoms with Gasteiger partial charge in [-0.2, -0.15) is 0 Å². The first kappa shape index (κ1) is 11.1. The Hall–Kier alpha value is -1.35. The van der Waals surface area contributed by atoms with Gasteiger partial charge in [-0.25, -0.2) is 0 Å². The van der Waals surface area contributed by atoms with Gasteiger partial charge in [-0.15, -0.1) is 0 Å². The second-order valence-corrected chi connectivity index (χ2v) is 4.52. The van der Waals surface area contributed by atoms with E-state index in [1.165, 1.54) is 5.56 Å². The minimum absolute atomic E-state index is 0.821. The molecule has 0 aliphatic heterocycles. The molecular weight excluding hydrogens is 264 g/mol. The maximum absolute atomic E-state index is 5.87. The van der Waals surface area contributed by atoms with Crippen molar-refractivity contribution in [2.45, 2.75) is 12.8 Å². The maximum atomic E-state index is 5.87. The number of halogens is 1. The Labute approximate surface area is 104 Å². The highest BCUT2D eigenvalue weighted by Gasteiger charge is 2.02. The van der Waals surface area contributed by atoms with Gasteiger partial charge in [-0.1, -0.05) is 34.1 Å². The van der Waals surface area contributed by atoms with E-state index in [9.17, 15) is 0 Å². The quantitative estimate of drug-likeness (QED) is 0.935. The van der Waals surface area contributed by atoms with Crippen LogP contribution in [-0.2, 0) is 12.8 Å². The summed E-state index contributed by atoms with van der Waals surface area (Å²) in [5, 5.41) is 0. The first-order valence-corrected chi connectivity index (χ1v) is 5.98. The van der Waals surface area contributed by atoms with Crippen LogP contribution in [0.25, 0.3) is 0 Å². The highest BCUT2D eigenvalue weighted by atomic mass is 79.9. The van der Waals surface area contributed by atoms with Crippen LogP contribution in [0.15, 0.2) is 47.2 Å². The predicted octanol–water partition coefficient (Wildman–Crippen LogP) is 3.21. The first-order chi connectivity index (χ1) is 7.77. The molecule has 16 heavy (non-hydrogen) atoms. The molecule has 2 rings (SSSR count). The number of hydrogen-bond donors (Lipinski definition) is 1. The molecule has 0 radical (unpaired) electrons. The lowest BCUT2D eigenvalue weighted by Crippen LogP contribution is -1.98. The summed E-state index contributed by atoms with van der Waals surface area (Å²) in [6.07, 6.45) is 5.45. The van der Waals surface area contributed by atoms with E-state index in [1.54, 1.807) is 6.20 Å². The highest BCUT2D eigenvalue weighted by molar-refractivity contribution is 9.10. The van der Waals surface area contributed by atoms with Gasteiger partial charge in [0.2, 0.25) is 0 Å². The standard InChI is InChI=1S/C13H13BrN2/c14-12-4-2-1-3-10(12)5-6-11-9-16-8-7-13(11)15/h1-4,7-9H,5-6H2,(H2,15,16). The van der Waals surface area contributed by atoms with E-state index >= 15 is 0 Å². The largest absolute Gasteiger partial charge is 0.398 e. The highest BCUT2D eigenvalue weighted by Crippen LogP contribution is 2.19.